The van der Waals surface area contributed by atoms with E-state index in [1.165, 1.54) is 0 Å². The second kappa shape index (κ2) is 8.06. The normalized spacial score (nSPS) is 11.9. The summed E-state index contributed by atoms with van der Waals surface area (Å²) in [5.74, 6) is 0.626. The van der Waals surface area contributed by atoms with Gasteiger partial charge < -0.3 is 11.1 Å². The van der Waals surface area contributed by atoms with Crippen LogP contribution in [0.25, 0.3) is 0 Å². The summed E-state index contributed by atoms with van der Waals surface area (Å²) in [5, 5.41) is 3.18. The lowest BCUT2D eigenvalue weighted by Crippen LogP contribution is -2.28. The largest absolute Gasteiger partial charge is 0.323 e. The van der Waals surface area contributed by atoms with Crippen LogP contribution in [0.5, 0.6) is 0 Å². The highest BCUT2D eigenvalue weighted by Crippen LogP contribution is 2.07. The highest BCUT2D eigenvalue weighted by atomic mass is 35.5. The summed E-state index contributed by atoms with van der Waals surface area (Å²) in [5.41, 5.74) is 7.09. The molecule has 0 spiro atoms. The van der Waals surface area contributed by atoms with E-state index in [0.717, 1.165) is 18.7 Å². The maximum Gasteiger partial charge on any atom is 0.0421 e. The smallest absolute Gasteiger partial charge is 0.0421 e. The van der Waals surface area contributed by atoms with Crippen LogP contribution >= 0.6 is 24.0 Å². The van der Waals surface area contributed by atoms with Gasteiger partial charge in [0.2, 0.25) is 0 Å². The Bertz CT molecular complexity index is 229. The van der Waals surface area contributed by atoms with E-state index >= 15 is 0 Å². The maximum absolute atomic E-state index is 5.93. The van der Waals surface area contributed by atoms with Crippen molar-refractivity contribution in [2.24, 2.45) is 5.73 Å². The van der Waals surface area contributed by atoms with Crippen LogP contribution in [0.4, 0.5) is 0 Å². The summed E-state index contributed by atoms with van der Waals surface area (Å²) < 4.78 is 0. The monoisotopic (exact) mass is 234 g/mol. The zero-order valence-electron chi connectivity index (χ0n) is 7.95. The molecule has 0 fully saturated rings. The van der Waals surface area contributed by atoms with Gasteiger partial charge in [-0.2, -0.15) is 0 Å². The van der Waals surface area contributed by atoms with Crippen LogP contribution in [-0.4, -0.2) is 19.0 Å². The minimum Gasteiger partial charge on any atom is -0.323 e. The average molecular weight is 235 g/mol. The van der Waals surface area contributed by atoms with Crippen molar-refractivity contribution in [1.29, 1.82) is 0 Å². The molecule has 0 saturated carbocycles. The van der Waals surface area contributed by atoms with Crippen molar-refractivity contribution < 1.29 is 0 Å². The average Bonchev–Trinajstić information content (AvgIpc) is 2.19. The molecule has 4 heteroatoms. The molecule has 0 aliphatic carbocycles. The third-order valence-corrected chi connectivity index (χ3v) is 2.05. The molecular formula is C10H16Cl2N2. The van der Waals surface area contributed by atoms with Crippen molar-refractivity contribution in [3.8, 4) is 0 Å². The minimum atomic E-state index is 0. The van der Waals surface area contributed by atoms with Gasteiger partial charge >= 0.3 is 0 Å². The first kappa shape index (κ1) is 13.7. The van der Waals surface area contributed by atoms with E-state index in [1.54, 1.807) is 0 Å². The summed E-state index contributed by atoms with van der Waals surface area (Å²) in [6.07, 6.45) is 0. The highest BCUT2D eigenvalue weighted by Gasteiger charge is 2.02. The van der Waals surface area contributed by atoms with Crippen LogP contribution < -0.4 is 11.1 Å². The van der Waals surface area contributed by atoms with Crippen LogP contribution in [0.2, 0.25) is 0 Å². The van der Waals surface area contributed by atoms with Gasteiger partial charge in [-0.25, -0.2) is 0 Å². The molecule has 0 saturated heterocycles. The molecule has 0 amide bonds. The van der Waals surface area contributed by atoms with Crippen molar-refractivity contribution in [3.05, 3.63) is 35.9 Å². The fraction of sp³-hybridized carbons (Fsp3) is 0.400. The SMILES string of the molecule is Cl.NC(CNCCCl)c1ccccc1. The molecule has 1 aromatic carbocycles. The molecule has 0 heterocycles. The molecule has 3 N–H and O–H groups in total. The molecule has 1 atom stereocenters. The van der Waals surface area contributed by atoms with Crippen LogP contribution in [0.1, 0.15) is 11.6 Å². The van der Waals surface area contributed by atoms with Gasteiger partial charge in [0, 0.05) is 25.0 Å². The van der Waals surface area contributed by atoms with Crippen LogP contribution in [0.3, 0.4) is 0 Å². The molecule has 0 aliphatic heterocycles. The molecule has 2 nitrogen and oxygen atoms in total. The van der Waals surface area contributed by atoms with Crippen molar-refractivity contribution in [2.75, 3.05) is 19.0 Å². The second-order valence-corrected chi connectivity index (χ2v) is 3.29. The predicted octanol–water partition coefficient (Wildman–Crippen LogP) is 1.94. The van der Waals surface area contributed by atoms with E-state index in [2.05, 4.69) is 5.32 Å². The molecule has 14 heavy (non-hydrogen) atoms. The van der Waals surface area contributed by atoms with E-state index in [4.69, 9.17) is 17.3 Å². The molecule has 1 unspecified atom stereocenters. The zero-order chi connectivity index (χ0) is 9.52. The topological polar surface area (TPSA) is 38.0 Å². The van der Waals surface area contributed by atoms with E-state index in [-0.39, 0.29) is 18.4 Å². The van der Waals surface area contributed by atoms with Gasteiger partial charge in [0.05, 0.1) is 0 Å². The van der Waals surface area contributed by atoms with Crippen molar-refractivity contribution in [1.82, 2.24) is 5.32 Å². The number of nitrogens with two attached hydrogens (primary N) is 1. The Labute approximate surface area is 96.2 Å². The number of rotatable bonds is 5. The number of hydrogen-bond donors (Lipinski definition) is 2. The fourth-order valence-corrected chi connectivity index (χ4v) is 1.28. The molecule has 0 aromatic heterocycles. The number of hydrogen-bond acceptors (Lipinski definition) is 2. The van der Waals surface area contributed by atoms with Gasteiger partial charge in [0.15, 0.2) is 0 Å². The number of alkyl halides is 1. The Morgan fingerprint density at radius 2 is 1.93 bits per heavy atom. The first-order valence-electron chi connectivity index (χ1n) is 4.42. The Balaban J connectivity index is 0.00000169. The van der Waals surface area contributed by atoms with Gasteiger partial charge in [-0.05, 0) is 5.56 Å². The quantitative estimate of drug-likeness (QED) is 0.604. The Kier molecular flexibility index (Phi) is 7.90. The first-order chi connectivity index (χ1) is 6.34. The van der Waals surface area contributed by atoms with Gasteiger partial charge in [-0.15, -0.1) is 24.0 Å². The van der Waals surface area contributed by atoms with Gasteiger partial charge in [0.25, 0.3) is 0 Å². The third kappa shape index (κ3) is 4.82. The Hall–Kier alpha value is -0.280. The van der Waals surface area contributed by atoms with Gasteiger partial charge in [-0.3, -0.25) is 0 Å². The van der Waals surface area contributed by atoms with E-state index in [0.29, 0.717) is 5.88 Å². The molecule has 1 rings (SSSR count). The lowest BCUT2D eigenvalue weighted by atomic mass is 10.1. The fourth-order valence-electron chi connectivity index (χ4n) is 1.14. The number of halogens is 2. The molecule has 80 valence electrons. The van der Waals surface area contributed by atoms with Crippen LogP contribution in [0.15, 0.2) is 30.3 Å². The van der Waals surface area contributed by atoms with Crippen LogP contribution in [-0.2, 0) is 0 Å². The zero-order valence-corrected chi connectivity index (χ0v) is 9.52. The second-order valence-electron chi connectivity index (χ2n) is 2.91. The summed E-state index contributed by atoms with van der Waals surface area (Å²) in [7, 11) is 0. The summed E-state index contributed by atoms with van der Waals surface area (Å²) in [4.78, 5) is 0. The minimum absolute atomic E-state index is 0. The van der Waals surface area contributed by atoms with E-state index in [1.807, 2.05) is 30.3 Å². The number of benzene rings is 1. The van der Waals surface area contributed by atoms with Crippen molar-refractivity contribution in [3.63, 3.8) is 0 Å². The lowest BCUT2D eigenvalue weighted by molar-refractivity contribution is 0.617. The Morgan fingerprint density at radius 1 is 1.29 bits per heavy atom. The van der Waals surface area contributed by atoms with Crippen molar-refractivity contribution >= 4 is 24.0 Å². The van der Waals surface area contributed by atoms with Gasteiger partial charge in [0.1, 0.15) is 0 Å². The molecule has 0 radical (unpaired) electrons. The maximum atomic E-state index is 5.93. The summed E-state index contributed by atoms with van der Waals surface area (Å²) in [6.45, 7) is 1.58. The molecular weight excluding hydrogens is 219 g/mol. The number of nitrogens with one attached hydrogen (secondary N) is 1. The standard InChI is InChI=1S/C10H15ClN2.ClH/c11-6-7-13-8-10(12)9-4-2-1-3-5-9;/h1-5,10,13H,6-8,12H2;1H. The lowest BCUT2D eigenvalue weighted by Gasteiger charge is -2.11. The third-order valence-electron chi connectivity index (χ3n) is 1.86. The highest BCUT2D eigenvalue weighted by molar-refractivity contribution is 6.18. The molecule has 1 aromatic rings. The predicted molar refractivity (Wildman–Crippen MR) is 64.2 cm³/mol. The Morgan fingerprint density at radius 3 is 2.50 bits per heavy atom. The van der Waals surface area contributed by atoms with E-state index < -0.39 is 0 Å². The van der Waals surface area contributed by atoms with Gasteiger partial charge in [-0.1, -0.05) is 30.3 Å². The van der Waals surface area contributed by atoms with E-state index in [9.17, 15) is 0 Å². The van der Waals surface area contributed by atoms with Crippen LogP contribution in [0, 0.1) is 0 Å². The molecule has 0 aliphatic rings. The van der Waals surface area contributed by atoms with Crippen molar-refractivity contribution in [2.45, 2.75) is 6.04 Å². The summed E-state index contributed by atoms with van der Waals surface area (Å²) >= 11 is 5.53. The summed E-state index contributed by atoms with van der Waals surface area (Å²) in [6, 6.07) is 10.1. The molecule has 0 bridgehead atoms. The first-order valence-corrected chi connectivity index (χ1v) is 4.95.